The molecule has 0 radical (unpaired) electrons. The molecule has 2 aromatic rings. The highest BCUT2D eigenvalue weighted by molar-refractivity contribution is 7.16. The van der Waals surface area contributed by atoms with Gasteiger partial charge >= 0.3 is 6.09 Å². The van der Waals surface area contributed by atoms with E-state index in [9.17, 15) is 9.18 Å². The predicted molar refractivity (Wildman–Crippen MR) is 101 cm³/mol. The van der Waals surface area contributed by atoms with Gasteiger partial charge in [-0.2, -0.15) is 0 Å². The lowest BCUT2D eigenvalue weighted by molar-refractivity contribution is -0.0311. The second-order valence-electron chi connectivity index (χ2n) is 6.80. The summed E-state index contributed by atoms with van der Waals surface area (Å²) in [5.41, 5.74) is 0.225. The van der Waals surface area contributed by atoms with Gasteiger partial charge in [-0.15, -0.1) is 11.3 Å². The van der Waals surface area contributed by atoms with Gasteiger partial charge in [0.1, 0.15) is 11.9 Å². The van der Waals surface area contributed by atoms with Gasteiger partial charge in [0.15, 0.2) is 0 Å². The number of piperidine rings is 3. The highest BCUT2D eigenvalue weighted by atomic mass is 35.5. The molecule has 3 fully saturated rings. The summed E-state index contributed by atoms with van der Waals surface area (Å²) in [6.45, 7) is 3.15. The highest BCUT2D eigenvalue weighted by Crippen LogP contribution is 2.32. The van der Waals surface area contributed by atoms with E-state index in [0.717, 1.165) is 37.4 Å². The van der Waals surface area contributed by atoms with Crippen molar-refractivity contribution in [3.8, 4) is 0 Å². The number of fused-ring (bicyclic) bond motifs is 3. The minimum Gasteiger partial charge on any atom is -0.444 e. The van der Waals surface area contributed by atoms with E-state index in [-0.39, 0.29) is 18.3 Å². The second kappa shape index (κ2) is 7.55. The zero-order valence-corrected chi connectivity index (χ0v) is 15.8. The Balaban J connectivity index is 1.55. The average Bonchev–Trinajstić information content (AvgIpc) is 3.06. The number of para-hydroxylation sites is 1. The number of rotatable bonds is 4. The number of carbonyl (C=O) groups is 1. The van der Waals surface area contributed by atoms with Crippen LogP contribution in [0.5, 0.6) is 0 Å². The molecule has 2 bridgehead atoms. The molecule has 3 saturated heterocycles. The van der Waals surface area contributed by atoms with Crippen LogP contribution in [0.25, 0.3) is 0 Å². The molecule has 0 aliphatic carbocycles. The van der Waals surface area contributed by atoms with Gasteiger partial charge in [-0.25, -0.2) is 9.18 Å². The fourth-order valence-electron chi connectivity index (χ4n) is 3.75. The number of anilines is 1. The largest absolute Gasteiger partial charge is 0.444 e. The summed E-state index contributed by atoms with van der Waals surface area (Å²) in [6, 6.07) is 9.90. The molecule has 1 aromatic heterocycles. The van der Waals surface area contributed by atoms with Crippen molar-refractivity contribution in [1.29, 1.82) is 0 Å². The van der Waals surface area contributed by atoms with Crippen LogP contribution in [0.4, 0.5) is 14.9 Å². The van der Waals surface area contributed by atoms with Gasteiger partial charge in [-0.1, -0.05) is 23.7 Å². The molecule has 0 saturated carbocycles. The Morgan fingerprint density at radius 1 is 1.27 bits per heavy atom. The van der Waals surface area contributed by atoms with E-state index in [1.165, 1.54) is 22.3 Å². The summed E-state index contributed by atoms with van der Waals surface area (Å²) in [5.74, 6) is -0.0383. The summed E-state index contributed by atoms with van der Waals surface area (Å²) in [5, 5.41) is 0. The number of halogens is 2. The van der Waals surface area contributed by atoms with E-state index < -0.39 is 11.9 Å². The van der Waals surface area contributed by atoms with Crippen LogP contribution in [0.15, 0.2) is 36.4 Å². The minimum absolute atomic E-state index is 0.119. The number of hydrogen-bond donors (Lipinski definition) is 0. The van der Waals surface area contributed by atoms with Crippen LogP contribution in [0, 0.1) is 11.7 Å². The lowest BCUT2D eigenvalue weighted by atomic mass is 9.86. The summed E-state index contributed by atoms with van der Waals surface area (Å²) in [4.78, 5) is 17.5. The van der Waals surface area contributed by atoms with E-state index in [4.69, 9.17) is 16.3 Å². The van der Waals surface area contributed by atoms with Crippen molar-refractivity contribution in [3.63, 3.8) is 0 Å². The van der Waals surface area contributed by atoms with E-state index in [1.807, 2.05) is 6.07 Å². The van der Waals surface area contributed by atoms with Crippen molar-refractivity contribution in [2.24, 2.45) is 5.92 Å². The van der Waals surface area contributed by atoms with Crippen molar-refractivity contribution >= 4 is 34.7 Å². The lowest BCUT2D eigenvalue weighted by Crippen LogP contribution is -2.53. The zero-order valence-electron chi connectivity index (χ0n) is 14.2. The van der Waals surface area contributed by atoms with Gasteiger partial charge in [-0.05, 0) is 56.1 Å². The predicted octanol–water partition coefficient (Wildman–Crippen LogP) is 4.78. The number of amides is 1. The Hall–Kier alpha value is -1.63. The number of thiophene rings is 1. The molecule has 4 nitrogen and oxygen atoms in total. The number of ether oxygens (including phenoxy) is 1. The highest BCUT2D eigenvalue weighted by Gasteiger charge is 2.37. The van der Waals surface area contributed by atoms with Crippen molar-refractivity contribution < 1.29 is 13.9 Å². The molecule has 0 N–H and O–H groups in total. The third-order valence-electron chi connectivity index (χ3n) is 5.15. The molecule has 0 unspecified atom stereocenters. The summed E-state index contributed by atoms with van der Waals surface area (Å²) < 4.78 is 20.8. The first-order chi connectivity index (χ1) is 12.6. The molecular weight excluding hydrogens is 375 g/mol. The first kappa shape index (κ1) is 17.8. The molecule has 4 heterocycles. The molecule has 26 heavy (non-hydrogen) atoms. The van der Waals surface area contributed by atoms with Crippen LogP contribution in [0.1, 0.15) is 17.7 Å². The number of nitrogens with zero attached hydrogens (tertiary/aromatic N) is 2. The topological polar surface area (TPSA) is 32.8 Å². The van der Waals surface area contributed by atoms with Crippen LogP contribution in [-0.2, 0) is 11.3 Å². The molecule has 1 amide bonds. The average molecular weight is 395 g/mol. The Labute approximate surface area is 161 Å². The van der Waals surface area contributed by atoms with Crippen LogP contribution >= 0.6 is 22.9 Å². The lowest BCUT2D eigenvalue weighted by Gasteiger charge is -2.44. The standard InChI is InChI=1S/C19H20ClFN2O2S/c20-18-6-5-14(26-18)11-23(16-4-2-1-3-15(16)21)19(24)25-17-12-22-9-7-13(17)8-10-22/h1-6,13,17H,7-12H2/t17-/m0/s1. The van der Waals surface area contributed by atoms with Crippen LogP contribution in [-0.4, -0.2) is 36.7 Å². The van der Waals surface area contributed by atoms with Crippen LogP contribution in [0.2, 0.25) is 4.34 Å². The number of benzene rings is 1. The molecule has 1 atom stereocenters. The van der Waals surface area contributed by atoms with E-state index in [1.54, 1.807) is 24.3 Å². The summed E-state index contributed by atoms with van der Waals surface area (Å²) in [7, 11) is 0. The van der Waals surface area contributed by atoms with Crippen LogP contribution in [0.3, 0.4) is 0 Å². The molecule has 138 valence electrons. The van der Waals surface area contributed by atoms with E-state index in [0.29, 0.717) is 10.3 Å². The van der Waals surface area contributed by atoms with Crippen molar-refractivity contribution in [2.75, 3.05) is 24.5 Å². The van der Waals surface area contributed by atoms with Crippen molar-refractivity contribution in [2.45, 2.75) is 25.5 Å². The Morgan fingerprint density at radius 2 is 2.04 bits per heavy atom. The molecule has 0 spiro atoms. The van der Waals surface area contributed by atoms with Crippen molar-refractivity contribution in [1.82, 2.24) is 4.90 Å². The maximum Gasteiger partial charge on any atom is 0.415 e. The summed E-state index contributed by atoms with van der Waals surface area (Å²) >= 11 is 7.38. The molecular formula is C19H20ClFN2O2S. The minimum atomic E-state index is -0.502. The Kier molecular flexibility index (Phi) is 5.16. The molecule has 3 aliphatic rings. The van der Waals surface area contributed by atoms with Gasteiger partial charge in [0.2, 0.25) is 0 Å². The van der Waals surface area contributed by atoms with Gasteiger partial charge in [0.05, 0.1) is 16.6 Å². The first-order valence-corrected chi connectivity index (χ1v) is 9.99. The van der Waals surface area contributed by atoms with E-state index in [2.05, 4.69) is 4.90 Å². The Morgan fingerprint density at radius 3 is 2.65 bits per heavy atom. The molecule has 1 aromatic carbocycles. The summed E-state index contributed by atoms with van der Waals surface area (Å²) in [6.07, 6.45) is 1.49. The second-order valence-corrected chi connectivity index (χ2v) is 8.60. The van der Waals surface area contributed by atoms with Gasteiger partial charge in [0, 0.05) is 11.4 Å². The third-order valence-corrected chi connectivity index (χ3v) is 6.37. The first-order valence-electron chi connectivity index (χ1n) is 8.79. The quantitative estimate of drug-likeness (QED) is 0.748. The maximum absolute atomic E-state index is 14.4. The Bertz CT molecular complexity index is 791. The normalized spacial score (nSPS) is 24.5. The fourth-order valence-corrected chi connectivity index (χ4v) is 4.83. The number of hydrogen-bond acceptors (Lipinski definition) is 4. The molecule has 5 rings (SSSR count). The van der Waals surface area contributed by atoms with E-state index >= 15 is 0 Å². The smallest absolute Gasteiger partial charge is 0.415 e. The monoisotopic (exact) mass is 394 g/mol. The van der Waals surface area contributed by atoms with Gasteiger partial charge < -0.3 is 4.74 Å². The zero-order chi connectivity index (χ0) is 18.1. The third kappa shape index (κ3) is 3.72. The van der Waals surface area contributed by atoms with Gasteiger partial charge in [0.25, 0.3) is 0 Å². The molecule has 3 aliphatic heterocycles. The number of carbonyl (C=O) groups excluding carboxylic acids is 1. The van der Waals surface area contributed by atoms with Crippen LogP contribution < -0.4 is 4.90 Å². The maximum atomic E-state index is 14.4. The van der Waals surface area contributed by atoms with Gasteiger partial charge in [-0.3, -0.25) is 9.80 Å². The van der Waals surface area contributed by atoms with Crippen molar-refractivity contribution in [3.05, 3.63) is 51.4 Å². The SMILES string of the molecule is O=C(O[C@H]1CN2CCC1CC2)N(Cc1ccc(Cl)s1)c1ccccc1F. The fraction of sp³-hybridized carbons (Fsp3) is 0.421. The molecule has 7 heteroatoms.